The highest BCUT2D eigenvalue weighted by Crippen LogP contribution is 2.22. The Labute approximate surface area is 198 Å². The first-order valence-electron chi connectivity index (χ1n) is 11.0. The SMILES string of the molecule is CC(C)CSCC(NC(=O)N1CCCc2c(C#Cc3ccccc3)cccc2C1=O)C(=O)O. The largest absolute Gasteiger partial charge is 0.480 e. The second kappa shape index (κ2) is 11.6. The fraction of sp³-hybridized carbons (Fsp3) is 0.346. The summed E-state index contributed by atoms with van der Waals surface area (Å²) in [5.74, 6) is 6.21. The summed E-state index contributed by atoms with van der Waals surface area (Å²) < 4.78 is 0. The Morgan fingerprint density at radius 3 is 2.55 bits per heavy atom. The van der Waals surface area contributed by atoms with Gasteiger partial charge in [-0.15, -0.1) is 0 Å². The van der Waals surface area contributed by atoms with E-state index in [1.54, 1.807) is 12.1 Å². The van der Waals surface area contributed by atoms with Gasteiger partial charge in [0.15, 0.2) is 0 Å². The number of carboxylic acids is 1. The number of carboxylic acid groups (broad SMARTS) is 1. The minimum absolute atomic E-state index is 0.219. The van der Waals surface area contributed by atoms with Crippen LogP contribution in [0.4, 0.5) is 4.79 Å². The lowest BCUT2D eigenvalue weighted by Gasteiger charge is -2.22. The van der Waals surface area contributed by atoms with Gasteiger partial charge in [-0.25, -0.2) is 9.59 Å². The molecule has 0 aromatic heterocycles. The van der Waals surface area contributed by atoms with Crippen molar-refractivity contribution in [2.45, 2.75) is 32.7 Å². The normalized spacial score (nSPS) is 14.0. The van der Waals surface area contributed by atoms with Gasteiger partial charge in [-0.2, -0.15) is 11.8 Å². The van der Waals surface area contributed by atoms with E-state index in [9.17, 15) is 19.5 Å². The van der Waals surface area contributed by atoms with Crippen LogP contribution in [0.2, 0.25) is 0 Å². The molecule has 33 heavy (non-hydrogen) atoms. The van der Waals surface area contributed by atoms with Crippen LogP contribution in [0.5, 0.6) is 0 Å². The molecule has 2 aromatic carbocycles. The lowest BCUT2D eigenvalue weighted by atomic mass is 9.97. The van der Waals surface area contributed by atoms with Crippen LogP contribution in [0.25, 0.3) is 0 Å². The van der Waals surface area contributed by atoms with Gasteiger partial charge in [0.1, 0.15) is 6.04 Å². The van der Waals surface area contributed by atoms with Crippen LogP contribution >= 0.6 is 11.8 Å². The number of urea groups is 1. The highest BCUT2D eigenvalue weighted by atomic mass is 32.2. The molecule has 1 atom stereocenters. The zero-order valence-electron chi connectivity index (χ0n) is 18.8. The molecule has 2 aromatic rings. The average Bonchev–Trinajstić information content (AvgIpc) is 2.96. The molecular weight excluding hydrogens is 436 g/mol. The van der Waals surface area contributed by atoms with Crippen LogP contribution in [-0.2, 0) is 11.2 Å². The molecule has 0 saturated heterocycles. The molecule has 1 heterocycles. The van der Waals surface area contributed by atoms with Gasteiger partial charge in [0.25, 0.3) is 5.91 Å². The lowest BCUT2D eigenvalue weighted by molar-refractivity contribution is -0.138. The van der Waals surface area contributed by atoms with Crippen LogP contribution < -0.4 is 5.32 Å². The summed E-state index contributed by atoms with van der Waals surface area (Å²) in [7, 11) is 0. The zero-order chi connectivity index (χ0) is 23.8. The van der Waals surface area contributed by atoms with Crippen LogP contribution in [-0.4, -0.2) is 52.0 Å². The topological polar surface area (TPSA) is 86.7 Å². The van der Waals surface area contributed by atoms with E-state index < -0.39 is 23.9 Å². The van der Waals surface area contributed by atoms with E-state index in [0.717, 1.165) is 27.3 Å². The standard InChI is InChI=1S/C26H28N2O4S/c1-18(2)16-33-17-23(25(30)31)27-26(32)28-15-7-12-21-20(10-6-11-22(21)24(28)29)14-13-19-8-4-3-5-9-19/h3-6,8-11,18,23H,7,12,15-17H2,1-2H3,(H,27,32)(H,30,31). The van der Waals surface area contributed by atoms with Gasteiger partial charge >= 0.3 is 12.0 Å². The summed E-state index contributed by atoms with van der Waals surface area (Å²) in [4.78, 5) is 38.8. The van der Waals surface area contributed by atoms with E-state index in [2.05, 4.69) is 17.2 Å². The molecule has 0 spiro atoms. The van der Waals surface area contributed by atoms with Crippen LogP contribution in [0, 0.1) is 17.8 Å². The third-order valence-corrected chi connectivity index (χ3v) is 6.62. The lowest BCUT2D eigenvalue weighted by Crippen LogP contribution is -2.51. The minimum atomic E-state index is -1.11. The van der Waals surface area contributed by atoms with Crippen molar-refractivity contribution < 1.29 is 19.5 Å². The van der Waals surface area contributed by atoms with Crippen LogP contribution in [0.1, 0.15) is 47.3 Å². The Balaban J connectivity index is 1.78. The molecule has 6 nitrogen and oxygen atoms in total. The van der Waals surface area contributed by atoms with Crippen molar-refractivity contribution >= 4 is 29.7 Å². The van der Waals surface area contributed by atoms with Crippen molar-refractivity contribution in [3.05, 3.63) is 70.8 Å². The third-order valence-electron chi connectivity index (χ3n) is 5.15. The van der Waals surface area contributed by atoms with E-state index in [4.69, 9.17) is 0 Å². The summed E-state index contributed by atoms with van der Waals surface area (Å²) in [6.07, 6.45) is 1.19. The number of imide groups is 1. The van der Waals surface area contributed by atoms with Crippen LogP contribution in [0.15, 0.2) is 48.5 Å². The molecular formula is C26H28N2O4S. The molecule has 0 fully saturated rings. The highest BCUT2D eigenvalue weighted by Gasteiger charge is 2.31. The molecule has 172 valence electrons. The number of nitrogens with one attached hydrogen (secondary N) is 1. The Bertz CT molecular complexity index is 1070. The van der Waals surface area contributed by atoms with Crippen molar-refractivity contribution in [2.24, 2.45) is 5.92 Å². The summed E-state index contributed by atoms with van der Waals surface area (Å²) in [6.45, 7) is 4.32. The molecule has 2 N–H and O–H groups in total. The molecule has 0 aliphatic carbocycles. The summed E-state index contributed by atoms with van der Waals surface area (Å²) >= 11 is 1.47. The van der Waals surface area contributed by atoms with Crippen molar-refractivity contribution in [1.29, 1.82) is 0 Å². The molecule has 0 bridgehead atoms. The molecule has 3 amide bonds. The fourth-order valence-corrected chi connectivity index (χ4v) is 4.58. The Morgan fingerprint density at radius 2 is 1.85 bits per heavy atom. The van der Waals surface area contributed by atoms with Gasteiger partial charge in [0.2, 0.25) is 0 Å². The van der Waals surface area contributed by atoms with Crippen molar-refractivity contribution in [3.8, 4) is 11.8 Å². The molecule has 1 aliphatic heterocycles. The van der Waals surface area contributed by atoms with Gasteiger partial charge < -0.3 is 10.4 Å². The number of carbonyl (C=O) groups is 3. The predicted molar refractivity (Wildman–Crippen MR) is 130 cm³/mol. The van der Waals surface area contributed by atoms with Crippen molar-refractivity contribution in [1.82, 2.24) is 10.2 Å². The number of rotatable bonds is 6. The van der Waals surface area contributed by atoms with Gasteiger partial charge in [0.05, 0.1) is 0 Å². The maximum Gasteiger partial charge on any atom is 0.327 e. The summed E-state index contributed by atoms with van der Waals surface area (Å²) in [5.41, 5.74) is 2.90. The maximum atomic E-state index is 13.2. The quantitative estimate of drug-likeness (QED) is 0.631. The predicted octanol–water partition coefficient (Wildman–Crippen LogP) is 4.03. The first kappa shape index (κ1) is 24.4. The van der Waals surface area contributed by atoms with Gasteiger partial charge in [-0.05, 0) is 54.3 Å². The number of thioether (sulfide) groups is 1. The van der Waals surface area contributed by atoms with Gasteiger partial charge in [-0.1, -0.05) is 50.0 Å². The average molecular weight is 465 g/mol. The Kier molecular flexibility index (Phi) is 8.56. The second-order valence-electron chi connectivity index (χ2n) is 8.28. The molecule has 3 rings (SSSR count). The van der Waals surface area contributed by atoms with Crippen molar-refractivity contribution in [3.63, 3.8) is 0 Å². The number of carbonyl (C=O) groups excluding carboxylic acids is 2. The molecule has 1 aliphatic rings. The fourth-order valence-electron chi connectivity index (χ4n) is 3.51. The number of amides is 3. The Hall–Kier alpha value is -3.24. The first-order valence-corrected chi connectivity index (χ1v) is 12.1. The molecule has 7 heteroatoms. The maximum absolute atomic E-state index is 13.2. The smallest absolute Gasteiger partial charge is 0.327 e. The number of hydrogen-bond donors (Lipinski definition) is 2. The second-order valence-corrected chi connectivity index (χ2v) is 9.35. The van der Waals surface area contributed by atoms with Crippen LogP contribution in [0.3, 0.4) is 0 Å². The van der Waals surface area contributed by atoms with E-state index in [0.29, 0.717) is 24.3 Å². The number of nitrogens with zero attached hydrogens (tertiary/aromatic N) is 1. The number of fused-ring (bicyclic) bond motifs is 1. The monoisotopic (exact) mass is 464 g/mol. The van der Waals surface area contributed by atoms with E-state index in [-0.39, 0.29) is 12.3 Å². The van der Waals surface area contributed by atoms with E-state index in [1.807, 2.05) is 50.2 Å². The van der Waals surface area contributed by atoms with Gasteiger partial charge in [-0.3, -0.25) is 9.69 Å². The molecule has 0 radical (unpaired) electrons. The molecule has 0 saturated carbocycles. The number of aliphatic carboxylic acids is 1. The third kappa shape index (κ3) is 6.62. The molecule has 1 unspecified atom stereocenters. The highest BCUT2D eigenvalue weighted by molar-refractivity contribution is 7.99. The van der Waals surface area contributed by atoms with Crippen molar-refractivity contribution in [2.75, 3.05) is 18.1 Å². The van der Waals surface area contributed by atoms with E-state index >= 15 is 0 Å². The number of benzene rings is 2. The Morgan fingerprint density at radius 1 is 1.09 bits per heavy atom. The zero-order valence-corrected chi connectivity index (χ0v) is 19.7. The summed E-state index contributed by atoms with van der Waals surface area (Å²) in [6, 6.07) is 13.2. The number of hydrogen-bond acceptors (Lipinski definition) is 4. The van der Waals surface area contributed by atoms with Gasteiger partial charge in [0, 0.05) is 29.0 Å². The first-order chi connectivity index (χ1) is 15.9. The van der Waals surface area contributed by atoms with E-state index in [1.165, 1.54) is 11.8 Å². The minimum Gasteiger partial charge on any atom is -0.480 e. The summed E-state index contributed by atoms with van der Waals surface area (Å²) in [5, 5.41) is 12.0.